The predicted molar refractivity (Wildman–Crippen MR) is 91.4 cm³/mol. The van der Waals surface area contributed by atoms with Crippen LogP contribution in [0.25, 0.3) is 0 Å². The van der Waals surface area contributed by atoms with E-state index in [1.807, 2.05) is 11.0 Å². The highest BCUT2D eigenvalue weighted by Crippen LogP contribution is 2.24. The predicted octanol–water partition coefficient (Wildman–Crippen LogP) is 4.90. The molecule has 0 spiro atoms. The van der Waals surface area contributed by atoms with E-state index in [2.05, 4.69) is 35.5 Å². The zero-order valence-corrected chi connectivity index (χ0v) is 14.4. The fraction of sp³-hybridized carbons (Fsp3) is 0.375. The summed E-state index contributed by atoms with van der Waals surface area (Å²) in [6.45, 7) is 6.75. The molecule has 0 amide bonds. The van der Waals surface area contributed by atoms with E-state index in [0.717, 1.165) is 28.6 Å². The summed E-state index contributed by atoms with van der Waals surface area (Å²) in [6.07, 6.45) is 3.19. The summed E-state index contributed by atoms with van der Waals surface area (Å²) >= 11 is 9.20. The van der Waals surface area contributed by atoms with Crippen molar-refractivity contribution in [3.63, 3.8) is 0 Å². The van der Waals surface area contributed by atoms with Crippen molar-refractivity contribution >= 4 is 33.9 Å². The third-order valence-electron chi connectivity index (χ3n) is 3.39. The lowest BCUT2D eigenvalue weighted by molar-refractivity contribution is 0.427. The van der Waals surface area contributed by atoms with Crippen molar-refractivity contribution in [1.29, 1.82) is 10.7 Å². The SMILES string of the molecule is C=C(C(C)CCCCl)N(C=N)Cc1ccc(C#N)cc1Br. The van der Waals surface area contributed by atoms with Crippen molar-refractivity contribution in [3.8, 4) is 6.07 Å². The molecule has 1 atom stereocenters. The molecule has 112 valence electrons. The van der Waals surface area contributed by atoms with Crippen molar-refractivity contribution in [3.05, 3.63) is 46.1 Å². The van der Waals surface area contributed by atoms with Gasteiger partial charge in [-0.1, -0.05) is 35.5 Å². The van der Waals surface area contributed by atoms with E-state index in [1.54, 1.807) is 12.1 Å². The van der Waals surface area contributed by atoms with Crippen LogP contribution in [0.2, 0.25) is 0 Å². The van der Waals surface area contributed by atoms with E-state index < -0.39 is 0 Å². The van der Waals surface area contributed by atoms with Gasteiger partial charge in [0.05, 0.1) is 18.0 Å². The van der Waals surface area contributed by atoms with Gasteiger partial charge in [-0.2, -0.15) is 5.26 Å². The van der Waals surface area contributed by atoms with E-state index in [1.165, 1.54) is 6.34 Å². The Bertz CT molecular complexity index is 551. The second kappa shape index (κ2) is 8.86. The van der Waals surface area contributed by atoms with Crippen molar-refractivity contribution in [2.45, 2.75) is 26.3 Å². The minimum atomic E-state index is 0.280. The van der Waals surface area contributed by atoms with E-state index in [9.17, 15) is 0 Å². The zero-order valence-electron chi connectivity index (χ0n) is 12.1. The van der Waals surface area contributed by atoms with Gasteiger partial charge in [-0.25, -0.2) is 0 Å². The summed E-state index contributed by atoms with van der Waals surface area (Å²) in [5.74, 6) is 0.922. The molecule has 0 heterocycles. The van der Waals surface area contributed by atoms with Crippen LogP contribution in [0.3, 0.4) is 0 Å². The van der Waals surface area contributed by atoms with Gasteiger partial charge in [0.2, 0.25) is 0 Å². The minimum absolute atomic E-state index is 0.280. The van der Waals surface area contributed by atoms with Gasteiger partial charge in [-0.05, 0) is 36.5 Å². The molecule has 1 rings (SSSR count). The maximum atomic E-state index is 8.88. The van der Waals surface area contributed by atoms with Gasteiger partial charge in [-0.3, -0.25) is 5.41 Å². The summed E-state index contributed by atoms with van der Waals surface area (Å²) in [5, 5.41) is 16.5. The van der Waals surface area contributed by atoms with E-state index >= 15 is 0 Å². The maximum absolute atomic E-state index is 8.88. The topological polar surface area (TPSA) is 50.9 Å². The van der Waals surface area contributed by atoms with Crippen LogP contribution >= 0.6 is 27.5 Å². The fourth-order valence-electron chi connectivity index (χ4n) is 1.99. The summed E-state index contributed by atoms with van der Waals surface area (Å²) in [5.41, 5.74) is 2.54. The van der Waals surface area contributed by atoms with Gasteiger partial charge in [0.25, 0.3) is 0 Å². The number of nitriles is 1. The monoisotopic (exact) mass is 367 g/mol. The van der Waals surface area contributed by atoms with Gasteiger partial charge in [0.15, 0.2) is 0 Å². The number of rotatable bonds is 8. The summed E-state index contributed by atoms with van der Waals surface area (Å²) in [4.78, 5) is 1.82. The van der Waals surface area contributed by atoms with Crippen LogP contribution in [0, 0.1) is 22.7 Å². The van der Waals surface area contributed by atoms with Crippen LogP contribution in [0.4, 0.5) is 0 Å². The van der Waals surface area contributed by atoms with Crippen molar-refractivity contribution in [1.82, 2.24) is 4.90 Å². The number of halogens is 2. The van der Waals surface area contributed by atoms with Gasteiger partial charge in [0, 0.05) is 22.6 Å². The second-order valence-electron chi connectivity index (χ2n) is 4.90. The standard InChI is InChI=1S/C16H19BrClN3/c1-12(4-3-7-18)13(2)21(11-20)10-15-6-5-14(9-19)8-16(15)17/h5-6,8,11-12,20H,2-4,7,10H2,1H3. The normalized spacial score (nSPS) is 11.5. The molecule has 1 aromatic carbocycles. The molecule has 0 aromatic heterocycles. The Hall–Kier alpha value is -1.31. The first-order chi connectivity index (χ1) is 10.0. The largest absolute Gasteiger partial charge is 0.333 e. The van der Waals surface area contributed by atoms with Crippen molar-refractivity contribution in [2.24, 2.45) is 5.92 Å². The third kappa shape index (κ3) is 5.18. The molecule has 0 saturated heterocycles. The molecule has 0 fully saturated rings. The quantitative estimate of drug-likeness (QED) is 0.403. The van der Waals surface area contributed by atoms with E-state index in [0.29, 0.717) is 18.0 Å². The van der Waals surface area contributed by atoms with Crippen LogP contribution < -0.4 is 0 Å². The minimum Gasteiger partial charge on any atom is -0.333 e. The molecule has 0 aliphatic heterocycles. The molecule has 1 aromatic rings. The molecule has 1 N–H and O–H groups in total. The zero-order chi connectivity index (χ0) is 15.8. The molecule has 1 unspecified atom stereocenters. The molecular weight excluding hydrogens is 350 g/mol. The average molecular weight is 369 g/mol. The number of alkyl halides is 1. The van der Waals surface area contributed by atoms with Crippen LogP contribution in [-0.4, -0.2) is 17.1 Å². The van der Waals surface area contributed by atoms with Gasteiger partial charge < -0.3 is 4.90 Å². The Balaban J connectivity index is 2.80. The molecular formula is C16H19BrClN3. The number of hydrogen-bond donors (Lipinski definition) is 1. The van der Waals surface area contributed by atoms with Crippen molar-refractivity contribution in [2.75, 3.05) is 5.88 Å². The Labute approximate surface area is 139 Å². The van der Waals surface area contributed by atoms with Gasteiger partial charge in [0.1, 0.15) is 0 Å². The Morgan fingerprint density at radius 3 is 2.86 bits per heavy atom. The maximum Gasteiger partial charge on any atom is 0.0992 e. The van der Waals surface area contributed by atoms with Crippen LogP contribution in [0.5, 0.6) is 0 Å². The highest BCUT2D eigenvalue weighted by atomic mass is 79.9. The lowest BCUT2D eigenvalue weighted by Crippen LogP contribution is -2.24. The molecule has 0 saturated carbocycles. The summed E-state index contributed by atoms with van der Waals surface area (Å²) < 4.78 is 0.870. The highest BCUT2D eigenvalue weighted by Gasteiger charge is 2.14. The third-order valence-corrected chi connectivity index (χ3v) is 4.39. The summed E-state index contributed by atoms with van der Waals surface area (Å²) in [7, 11) is 0. The number of allylic oxidation sites excluding steroid dienone is 1. The van der Waals surface area contributed by atoms with Crippen LogP contribution in [0.15, 0.2) is 34.9 Å². The van der Waals surface area contributed by atoms with Crippen LogP contribution in [0.1, 0.15) is 30.9 Å². The highest BCUT2D eigenvalue weighted by molar-refractivity contribution is 9.10. The first-order valence-electron chi connectivity index (χ1n) is 6.74. The van der Waals surface area contributed by atoms with Gasteiger partial charge in [-0.15, -0.1) is 11.6 Å². The first-order valence-corrected chi connectivity index (χ1v) is 8.06. The van der Waals surface area contributed by atoms with Gasteiger partial charge >= 0.3 is 0 Å². The molecule has 21 heavy (non-hydrogen) atoms. The number of benzene rings is 1. The molecule has 5 heteroatoms. The second-order valence-corrected chi connectivity index (χ2v) is 6.13. The molecule has 0 aliphatic rings. The number of nitrogens with one attached hydrogen (secondary N) is 1. The van der Waals surface area contributed by atoms with Crippen molar-refractivity contribution < 1.29 is 0 Å². The van der Waals surface area contributed by atoms with E-state index in [4.69, 9.17) is 22.3 Å². The lowest BCUT2D eigenvalue weighted by Gasteiger charge is -2.26. The number of hydrogen-bond acceptors (Lipinski definition) is 2. The van der Waals surface area contributed by atoms with Crippen LogP contribution in [-0.2, 0) is 6.54 Å². The Morgan fingerprint density at radius 2 is 2.33 bits per heavy atom. The number of nitrogens with zero attached hydrogens (tertiary/aromatic N) is 2. The Morgan fingerprint density at radius 1 is 1.62 bits per heavy atom. The molecule has 0 aliphatic carbocycles. The first kappa shape index (κ1) is 17.7. The molecule has 3 nitrogen and oxygen atoms in total. The van der Waals surface area contributed by atoms with E-state index in [-0.39, 0.29) is 5.92 Å². The average Bonchev–Trinajstić information content (AvgIpc) is 2.50. The lowest BCUT2D eigenvalue weighted by atomic mass is 10.0. The Kier molecular flexibility index (Phi) is 7.49. The molecule has 0 radical (unpaired) electrons. The fourth-order valence-corrected chi connectivity index (χ4v) is 2.65. The summed E-state index contributed by atoms with van der Waals surface area (Å²) in [6, 6.07) is 7.58. The molecule has 0 bridgehead atoms. The smallest absolute Gasteiger partial charge is 0.0992 e.